The number of carbonyl (C=O) groups is 4. The number of piperidine rings is 1. The van der Waals surface area contributed by atoms with Gasteiger partial charge in [-0.1, -0.05) is 6.07 Å². The number of benzene rings is 1. The summed E-state index contributed by atoms with van der Waals surface area (Å²) in [6.45, 7) is 3.82. The normalized spacial score (nSPS) is 27.5. The van der Waals surface area contributed by atoms with E-state index in [2.05, 4.69) is 16.0 Å². The SMILES string of the molecule is O=C1CCC(N2C(=O)c3ccc(CNCC4CCC45CNC5)cc3C2=O)C(=O)N1. The second-order valence-electron chi connectivity index (χ2n) is 8.66. The molecule has 2 unspecified atom stereocenters. The molecule has 5 rings (SSSR count). The number of carbonyl (C=O) groups excluding carboxylic acids is 4. The lowest BCUT2D eigenvalue weighted by molar-refractivity contribution is -0.136. The Labute approximate surface area is 168 Å². The predicted molar refractivity (Wildman–Crippen MR) is 103 cm³/mol. The highest BCUT2D eigenvalue weighted by Crippen LogP contribution is 2.49. The molecular formula is C21H24N4O4. The first-order valence-electron chi connectivity index (χ1n) is 10.2. The Morgan fingerprint density at radius 3 is 2.52 bits per heavy atom. The van der Waals surface area contributed by atoms with Crippen LogP contribution in [0.1, 0.15) is 52.0 Å². The summed E-state index contributed by atoms with van der Waals surface area (Å²) >= 11 is 0. The first-order valence-corrected chi connectivity index (χ1v) is 10.2. The molecule has 29 heavy (non-hydrogen) atoms. The van der Waals surface area contributed by atoms with Crippen molar-refractivity contribution in [2.45, 2.75) is 38.3 Å². The molecule has 0 aromatic heterocycles. The van der Waals surface area contributed by atoms with Gasteiger partial charge in [0.1, 0.15) is 6.04 Å². The zero-order valence-corrected chi connectivity index (χ0v) is 16.1. The summed E-state index contributed by atoms with van der Waals surface area (Å²) < 4.78 is 0. The average Bonchev–Trinajstić information content (AvgIpc) is 2.87. The zero-order valence-electron chi connectivity index (χ0n) is 16.1. The van der Waals surface area contributed by atoms with Gasteiger partial charge in [0, 0.05) is 26.1 Å². The van der Waals surface area contributed by atoms with Crippen molar-refractivity contribution in [1.82, 2.24) is 20.9 Å². The molecule has 1 spiro atoms. The van der Waals surface area contributed by atoms with Crippen LogP contribution in [-0.2, 0) is 16.1 Å². The van der Waals surface area contributed by atoms with Crippen molar-refractivity contribution in [1.29, 1.82) is 0 Å². The Hall–Kier alpha value is -2.58. The van der Waals surface area contributed by atoms with Gasteiger partial charge in [-0.25, -0.2) is 0 Å². The van der Waals surface area contributed by atoms with Crippen LogP contribution in [0.2, 0.25) is 0 Å². The fourth-order valence-electron chi connectivity index (χ4n) is 5.01. The predicted octanol–water partition coefficient (Wildman–Crippen LogP) is 0.177. The molecule has 0 bridgehead atoms. The molecule has 4 amide bonds. The summed E-state index contributed by atoms with van der Waals surface area (Å²) in [6, 6.07) is 4.34. The Morgan fingerprint density at radius 1 is 1.07 bits per heavy atom. The van der Waals surface area contributed by atoms with Gasteiger partial charge in [-0.05, 0) is 54.8 Å². The summed E-state index contributed by atoms with van der Waals surface area (Å²) in [6.07, 6.45) is 2.85. The molecule has 1 aliphatic carbocycles. The lowest BCUT2D eigenvalue weighted by Gasteiger charge is -2.56. The third kappa shape index (κ3) is 2.89. The van der Waals surface area contributed by atoms with Gasteiger partial charge in [0.15, 0.2) is 0 Å². The Morgan fingerprint density at radius 2 is 1.86 bits per heavy atom. The fourth-order valence-corrected chi connectivity index (χ4v) is 5.01. The molecule has 3 N–H and O–H groups in total. The smallest absolute Gasteiger partial charge is 0.262 e. The average molecular weight is 396 g/mol. The largest absolute Gasteiger partial charge is 0.316 e. The third-order valence-corrected chi connectivity index (χ3v) is 7.03. The van der Waals surface area contributed by atoms with Gasteiger partial charge in [0.05, 0.1) is 11.1 Å². The summed E-state index contributed by atoms with van der Waals surface area (Å²) in [5, 5.41) is 9.07. The lowest BCUT2D eigenvalue weighted by Crippen LogP contribution is -2.64. The molecule has 152 valence electrons. The summed E-state index contributed by atoms with van der Waals surface area (Å²) in [5.41, 5.74) is 2.09. The molecule has 0 radical (unpaired) electrons. The zero-order chi connectivity index (χ0) is 20.2. The fraction of sp³-hybridized carbons (Fsp3) is 0.524. The molecule has 1 aromatic carbocycles. The van der Waals surface area contributed by atoms with Crippen LogP contribution >= 0.6 is 0 Å². The van der Waals surface area contributed by atoms with Crippen LogP contribution in [0.3, 0.4) is 0 Å². The van der Waals surface area contributed by atoms with Gasteiger partial charge in [0.25, 0.3) is 11.8 Å². The number of fused-ring (bicyclic) bond motifs is 1. The van der Waals surface area contributed by atoms with Crippen molar-refractivity contribution in [3.05, 3.63) is 34.9 Å². The summed E-state index contributed by atoms with van der Waals surface area (Å²) in [5.74, 6) is -1.18. The van der Waals surface area contributed by atoms with Gasteiger partial charge >= 0.3 is 0 Å². The van der Waals surface area contributed by atoms with Crippen molar-refractivity contribution in [2.75, 3.05) is 19.6 Å². The minimum Gasteiger partial charge on any atom is -0.316 e. The minimum atomic E-state index is -0.924. The van der Waals surface area contributed by atoms with E-state index >= 15 is 0 Å². The van der Waals surface area contributed by atoms with Crippen molar-refractivity contribution in [3.63, 3.8) is 0 Å². The van der Waals surface area contributed by atoms with E-state index in [9.17, 15) is 19.2 Å². The maximum Gasteiger partial charge on any atom is 0.262 e. The monoisotopic (exact) mass is 396 g/mol. The molecule has 1 saturated carbocycles. The highest BCUT2D eigenvalue weighted by atomic mass is 16.2. The number of amides is 4. The van der Waals surface area contributed by atoms with Crippen molar-refractivity contribution in [3.8, 4) is 0 Å². The van der Waals surface area contributed by atoms with Crippen molar-refractivity contribution < 1.29 is 19.2 Å². The van der Waals surface area contributed by atoms with E-state index < -0.39 is 23.8 Å². The molecule has 8 nitrogen and oxygen atoms in total. The number of hydrogen-bond donors (Lipinski definition) is 3. The molecule has 2 atom stereocenters. The van der Waals surface area contributed by atoms with Crippen LogP contribution < -0.4 is 16.0 Å². The van der Waals surface area contributed by atoms with E-state index in [1.165, 1.54) is 12.8 Å². The molecule has 3 aliphatic heterocycles. The van der Waals surface area contributed by atoms with E-state index in [-0.39, 0.29) is 18.7 Å². The van der Waals surface area contributed by atoms with E-state index in [1.54, 1.807) is 12.1 Å². The van der Waals surface area contributed by atoms with Crippen molar-refractivity contribution in [2.24, 2.45) is 11.3 Å². The highest BCUT2D eigenvalue weighted by Gasteiger charge is 2.50. The topological polar surface area (TPSA) is 108 Å². The summed E-state index contributed by atoms with van der Waals surface area (Å²) in [7, 11) is 0. The van der Waals surface area contributed by atoms with Gasteiger partial charge in [0.2, 0.25) is 11.8 Å². The van der Waals surface area contributed by atoms with Gasteiger partial charge in [-0.15, -0.1) is 0 Å². The maximum absolute atomic E-state index is 12.9. The van der Waals surface area contributed by atoms with Gasteiger partial charge < -0.3 is 10.6 Å². The first kappa shape index (κ1) is 18.4. The van der Waals surface area contributed by atoms with E-state index in [4.69, 9.17) is 0 Å². The molecule has 8 heteroatoms. The molecular weight excluding hydrogens is 372 g/mol. The second kappa shape index (κ2) is 6.74. The Balaban J connectivity index is 1.26. The molecule has 3 heterocycles. The molecule has 1 aromatic rings. The third-order valence-electron chi connectivity index (χ3n) is 7.03. The molecule has 3 fully saturated rings. The first-order chi connectivity index (χ1) is 14.0. The second-order valence-corrected chi connectivity index (χ2v) is 8.66. The maximum atomic E-state index is 12.9. The Bertz CT molecular complexity index is 918. The number of nitrogens with zero attached hydrogens (tertiary/aromatic N) is 1. The lowest BCUT2D eigenvalue weighted by atomic mass is 9.56. The summed E-state index contributed by atoms with van der Waals surface area (Å²) in [4.78, 5) is 50.1. The van der Waals surface area contributed by atoms with Crippen LogP contribution in [0, 0.1) is 11.3 Å². The van der Waals surface area contributed by atoms with E-state index in [1.807, 2.05) is 6.07 Å². The standard InChI is InChI=1S/C21H24N4O4/c26-17-4-3-16(18(27)24-17)25-19(28)14-2-1-12(7-15(14)20(25)29)8-22-9-13-5-6-21(13)10-23-11-21/h1-2,7,13,16,22-23H,3-6,8-11H2,(H,24,26,27). The number of nitrogens with one attached hydrogen (secondary N) is 3. The number of hydrogen-bond acceptors (Lipinski definition) is 6. The number of rotatable bonds is 5. The molecule has 4 aliphatic rings. The van der Waals surface area contributed by atoms with Crippen molar-refractivity contribution >= 4 is 23.6 Å². The van der Waals surface area contributed by atoms with Crippen LogP contribution in [0.25, 0.3) is 0 Å². The molecule has 2 saturated heterocycles. The Kier molecular flexibility index (Phi) is 4.29. The quantitative estimate of drug-likeness (QED) is 0.613. The van der Waals surface area contributed by atoms with Gasteiger partial charge in [-0.2, -0.15) is 0 Å². The number of imide groups is 2. The van der Waals surface area contributed by atoms with E-state index in [0.29, 0.717) is 29.0 Å². The van der Waals surface area contributed by atoms with E-state index in [0.717, 1.165) is 30.1 Å². The van der Waals surface area contributed by atoms with Crippen LogP contribution in [0.15, 0.2) is 18.2 Å². The minimum absolute atomic E-state index is 0.122. The van der Waals surface area contributed by atoms with Crippen LogP contribution in [-0.4, -0.2) is 54.2 Å². The highest BCUT2D eigenvalue weighted by molar-refractivity contribution is 6.23. The van der Waals surface area contributed by atoms with Crippen LogP contribution in [0.4, 0.5) is 0 Å². The van der Waals surface area contributed by atoms with Gasteiger partial charge in [-0.3, -0.25) is 29.4 Å². The van der Waals surface area contributed by atoms with Crippen LogP contribution in [0.5, 0.6) is 0 Å².